The second kappa shape index (κ2) is 7.74. The summed E-state index contributed by atoms with van der Waals surface area (Å²) in [5.41, 5.74) is 2.45. The topological polar surface area (TPSA) is 78.9 Å². The molecule has 0 saturated carbocycles. The number of furan rings is 1. The van der Waals surface area contributed by atoms with Gasteiger partial charge in [-0.05, 0) is 49.4 Å². The smallest absolute Gasteiger partial charge is 0.343 e. The first kappa shape index (κ1) is 19.6. The summed E-state index contributed by atoms with van der Waals surface area (Å²) in [4.78, 5) is 24.7. The van der Waals surface area contributed by atoms with E-state index in [9.17, 15) is 9.59 Å². The Kier molecular flexibility index (Phi) is 4.75. The second-order valence-corrected chi connectivity index (χ2v) is 7.38. The zero-order valence-electron chi connectivity index (χ0n) is 17.4. The van der Waals surface area contributed by atoms with Crippen molar-refractivity contribution in [3.63, 3.8) is 0 Å². The van der Waals surface area contributed by atoms with Crippen molar-refractivity contribution >= 4 is 27.9 Å². The van der Waals surface area contributed by atoms with Gasteiger partial charge in [-0.2, -0.15) is 0 Å². The molecule has 0 saturated heterocycles. The van der Waals surface area contributed by atoms with Crippen LogP contribution in [-0.4, -0.2) is 13.1 Å². The number of carbonyl (C=O) groups is 1. The Bertz CT molecular complexity index is 1520. The lowest BCUT2D eigenvalue weighted by Gasteiger charge is -2.07. The standard InChI is InChI=1S/C26H18O6/c1-15-6-8-16(9-7-15)26(28)30-18-10-11-21-19(13-18)20(14-24(27)31-21)23-12-17-4-3-5-22(29-2)25(17)32-23/h3-14H,1-2H3. The van der Waals surface area contributed by atoms with Crippen molar-refractivity contribution < 1.29 is 23.1 Å². The maximum Gasteiger partial charge on any atom is 0.343 e. The molecule has 0 aliphatic rings. The van der Waals surface area contributed by atoms with Crippen LogP contribution in [0.3, 0.4) is 0 Å². The van der Waals surface area contributed by atoms with E-state index in [1.165, 1.54) is 6.07 Å². The number of aryl methyl sites for hydroxylation is 1. The van der Waals surface area contributed by atoms with Crippen LogP contribution in [0.15, 0.2) is 86.4 Å². The molecule has 158 valence electrons. The maximum atomic E-state index is 12.5. The summed E-state index contributed by atoms with van der Waals surface area (Å²) >= 11 is 0. The summed E-state index contributed by atoms with van der Waals surface area (Å²) in [7, 11) is 1.57. The first-order valence-corrected chi connectivity index (χ1v) is 9.95. The van der Waals surface area contributed by atoms with E-state index in [1.54, 1.807) is 43.5 Å². The van der Waals surface area contributed by atoms with Crippen molar-refractivity contribution in [2.24, 2.45) is 0 Å². The Balaban J connectivity index is 1.59. The van der Waals surface area contributed by atoms with E-state index in [2.05, 4.69) is 0 Å². The Morgan fingerprint density at radius 2 is 1.72 bits per heavy atom. The van der Waals surface area contributed by atoms with E-state index in [4.69, 9.17) is 18.3 Å². The van der Waals surface area contributed by atoms with Crippen LogP contribution < -0.4 is 15.1 Å². The number of para-hydroxylation sites is 1. The molecule has 0 aliphatic carbocycles. The maximum absolute atomic E-state index is 12.5. The molecule has 2 heterocycles. The van der Waals surface area contributed by atoms with Crippen LogP contribution in [0, 0.1) is 6.92 Å². The Hall–Kier alpha value is -4.32. The van der Waals surface area contributed by atoms with Gasteiger partial charge in [0.1, 0.15) is 17.1 Å². The quantitative estimate of drug-likeness (QED) is 0.207. The van der Waals surface area contributed by atoms with Crippen LogP contribution in [0.5, 0.6) is 11.5 Å². The number of rotatable bonds is 4. The fourth-order valence-electron chi connectivity index (χ4n) is 3.59. The number of methoxy groups -OCH3 is 1. The first-order chi connectivity index (χ1) is 15.5. The normalized spacial score (nSPS) is 11.1. The van der Waals surface area contributed by atoms with E-state index in [-0.39, 0.29) is 0 Å². The monoisotopic (exact) mass is 426 g/mol. The van der Waals surface area contributed by atoms with E-state index in [0.717, 1.165) is 10.9 Å². The highest BCUT2D eigenvalue weighted by Crippen LogP contribution is 2.36. The number of esters is 1. The molecule has 0 unspecified atom stereocenters. The van der Waals surface area contributed by atoms with Crippen molar-refractivity contribution in [3.8, 4) is 22.8 Å². The molecular formula is C26H18O6. The van der Waals surface area contributed by atoms with Gasteiger partial charge in [-0.15, -0.1) is 0 Å². The Labute approximate surface area is 182 Å². The van der Waals surface area contributed by atoms with Crippen LogP contribution in [0.4, 0.5) is 0 Å². The lowest BCUT2D eigenvalue weighted by Crippen LogP contribution is -2.08. The largest absolute Gasteiger partial charge is 0.493 e. The van der Waals surface area contributed by atoms with Gasteiger partial charge >= 0.3 is 11.6 Å². The molecule has 0 amide bonds. The third kappa shape index (κ3) is 3.52. The molecule has 0 atom stereocenters. The molecule has 5 rings (SSSR count). The molecule has 6 heteroatoms. The lowest BCUT2D eigenvalue weighted by atomic mass is 10.1. The molecule has 0 bridgehead atoms. The molecule has 3 aromatic carbocycles. The number of benzene rings is 3. The van der Waals surface area contributed by atoms with Gasteiger partial charge in [0.25, 0.3) is 0 Å². The zero-order valence-corrected chi connectivity index (χ0v) is 17.4. The molecule has 5 aromatic rings. The van der Waals surface area contributed by atoms with Crippen molar-refractivity contribution in [1.29, 1.82) is 0 Å². The van der Waals surface area contributed by atoms with Gasteiger partial charge in [0.05, 0.1) is 12.7 Å². The van der Waals surface area contributed by atoms with Gasteiger partial charge in [-0.1, -0.05) is 29.8 Å². The first-order valence-electron chi connectivity index (χ1n) is 9.95. The van der Waals surface area contributed by atoms with Gasteiger partial charge in [0, 0.05) is 22.4 Å². The van der Waals surface area contributed by atoms with E-state index in [0.29, 0.717) is 44.9 Å². The van der Waals surface area contributed by atoms with E-state index < -0.39 is 11.6 Å². The highest BCUT2D eigenvalue weighted by molar-refractivity contribution is 5.97. The molecule has 0 aliphatic heterocycles. The van der Waals surface area contributed by atoms with Crippen LogP contribution in [0.25, 0.3) is 33.3 Å². The van der Waals surface area contributed by atoms with Crippen LogP contribution in [0.1, 0.15) is 15.9 Å². The Morgan fingerprint density at radius 3 is 2.50 bits per heavy atom. The predicted octanol–water partition coefficient (Wildman–Crippen LogP) is 5.74. The van der Waals surface area contributed by atoms with Gasteiger partial charge in [0.2, 0.25) is 0 Å². The summed E-state index contributed by atoms with van der Waals surface area (Å²) < 4.78 is 22.3. The zero-order chi connectivity index (χ0) is 22.2. The summed E-state index contributed by atoms with van der Waals surface area (Å²) in [5.74, 6) is 0.918. The van der Waals surface area contributed by atoms with E-state index >= 15 is 0 Å². The minimum absolute atomic E-state index is 0.326. The van der Waals surface area contributed by atoms with Crippen molar-refractivity contribution in [2.75, 3.05) is 7.11 Å². The number of hydrogen-bond donors (Lipinski definition) is 0. The third-order valence-corrected chi connectivity index (χ3v) is 5.21. The average Bonchev–Trinajstić information content (AvgIpc) is 3.23. The van der Waals surface area contributed by atoms with Crippen molar-refractivity contribution in [1.82, 2.24) is 0 Å². The van der Waals surface area contributed by atoms with Crippen LogP contribution >= 0.6 is 0 Å². The van der Waals surface area contributed by atoms with Crippen LogP contribution in [0.2, 0.25) is 0 Å². The summed E-state index contributed by atoms with van der Waals surface area (Å²) in [6.45, 7) is 1.95. The van der Waals surface area contributed by atoms with Gasteiger partial charge in [-0.3, -0.25) is 0 Å². The van der Waals surface area contributed by atoms with Crippen molar-refractivity contribution in [2.45, 2.75) is 6.92 Å². The lowest BCUT2D eigenvalue weighted by molar-refractivity contribution is 0.0735. The number of fused-ring (bicyclic) bond motifs is 2. The molecule has 6 nitrogen and oxygen atoms in total. The SMILES string of the molecule is COc1cccc2cc(-c3cc(=O)oc4ccc(OC(=O)c5ccc(C)cc5)cc34)oc12. The van der Waals surface area contributed by atoms with Gasteiger partial charge in [0.15, 0.2) is 11.3 Å². The van der Waals surface area contributed by atoms with Gasteiger partial charge in [-0.25, -0.2) is 9.59 Å². The van der Waals surface area contributed by atoms with E-state index in [1.807, 2.05) is 37.3 Å². The fraction of sp³-hybridized carbons (Fsp3) is 0.0769. The summed E-state index contributed by atoms with van der Waals surface area (Å²) in [5, 5.41) is 1.42. The molecule has 32 heavy (non-hydrogen) atoms. The summed E-state index contributed by atoms with van der Waals surface area (Å²) in [6, 6.07) is 20.7. The van der Waals surface area contributed by atoms with Crippen LogP contribution in [-0.2, 0) is 0 Å². The molecule has 0 radical (unpaired) electrons. The number of carbonyl (C=O) groups excluding carboxylic acids is 1. The Morgan fingerprint density at radius 1 is 0.906 bits per heavy atom. The molecular weight excluding hydrogens is 408 g/mol. The minimum atomic E-state index is -0.510. The number of hydrogen-bond acceptors (Lipinski definition) is 6. The van der Waals surface area contributed by atoms with Gasteiger partial charge < -0.3 is 18.3 Å². The number of ether oxygens (including phenoxy) is 2. The highest BCUT2D eigenvalue weighted by atomic mass is 16.5. The minimum Gasteiger partial charge on any atom is -0.493 e. The van der Waals surface area contributed by atoms with Crippen molar-refractivity contribution in [3.05, 3.63) is 94.3 Å². The molecule has 0 fully saturated rings. The average molecular weight is 426 g/mol. The molecule has 0 spiro atoms. The molecule has 0 N–H and O–H groups in total. The third-order valence-electron chi connectivity index (χ3n) is 5.21. The molecule has 2 aromatic heterocycles. The predicted molar refractivity (Wildman–Crippen MR) is 120 cm³/mol. The second-order valence-electron chi connectivity index (χ2n) is 7.38. The summed E-state index contributed by atoms with van der Waals surface area (Å²) in [6.07, 6.45) is 0. The fourth-order valence-corrected chi connectivity index (χ4v) is 3.59. The highest BCUT2D eigenvalue weighted by Gasteiger charge is 2.16.